The van der Waals surface area contributed by atoms with Crippen molar-refractivity contribution in [1.82, 2.24) is 5.32 Å². The molecule has 0 fully saturated rings. The quantitative estimate of drug-likeness (QED) is 0.495. The van der Waals surface area contributed by atoms with Crippen molar-refractivity contribution >= 4 is 18.0 Å². The fraction of sp³-hybridized carbons (Fsp3) is 0.167. The van der Waals surface area contributed by atoms with Gasteiger partial charge in [-0.05, 0) is 36.8 Å². The average molecular weight is 342 g/mol. The van der Waals surface area contributed by atoms with Gasteiger partial charge in [-0.2, -0.15) is 5.26 Å². The molecule has 0 unspecified atom stereocenters. The topological polar surface area (TPSA) is 92.3 Å². The number of nitriles is 1. The van der Waals surface area contributed by atoms with E-state index < -0.39 is 18.5 Å². The van der Waals surface area contributed by atoms with Gasteiger partial charge in [-0.15, -0.1) is 0 Å². The maximum atomic E-state index is 12.9. The number of rotatable bonds is 6. The summed E-state index contributed by atoms with van der Waals surface area (Å²) in [6.45, 7) is 1.17. The lowest BCUT2D eigenvalue weighted by Crippen LogP contribution is -2.31. The number of carbonyl (C=O) groups excluding carboxylic acids is 2. The Balaban J connectivity index is 1.87. The summed E-state index contributed by atoms with van der Waals surface area (Å²) in [6.07, 6.45) is 2.62. The Labute approximate surface area is 143 Å². The van der Waals surface area contributed by atoms with E-state index in [-0.39, 0.29) is 17.4 Å². The zero-order chi connectivity index (χ0) is 18.2. The summed E-state index contributed by atoms with van der Waals surface area (Å²) in [4.78, 5) is 23.7. The zero-order valence-corrected chi connectivity index (χ0v) is 13.4. The molecule has 2 rings (SSSR count). The predicted molar refractivity (Wildman–Crippen MR) is 86.2 cm³/mol. The monoisotopic (exact) mass is 342 g/mol. The van der Waals surface area contributed by atoms with E-state index >= 15 is 0 Å². The number of benzene rings is 1. The summed E-state index contributed by atoms with van der Waals surface area (Å²) in [5.74, 6) is -1.52. The molecule has 1 N–H and O–H groups in total. The van der Waals surface area contributed by atoms with Crippen molar-refractivity contribution < 1.29 is 23.1 Å². The maximum Gasteiger partial charge on any atom is 0.349 e. The summed E-state index contributed by atoms with van der Waals surface area (Å²) in [5, 5.41) is 11.6. The molecule has 0 spiro atoms. The summed E-state index contributed by atoms with van der Waals surface area (Å²) in [5.41, 5.74) is 0.422. The molecule has 1 aromatic heterocycles. The van der Waals surface area contributed by atoms with Gasteiger partial charge in [0, 0.05) is 6.08 Å². The first-order valence-corrected chi connectivity index (χ1v) is 7.37. The summed E-state index contributed by atoms with van der Waals surface area (Å²) < 4.78 is 22.7. The van der Waals surface area contributed by atoms with Gasteiger partial charge < -0.3 is 14.5 Å². The first-order valence-electron chi connectivity index (χ1n) is 7.37. The lowest BCUT2D eigenvalue weighted by molar-refractivity contribution is -0.144. The van der Waals surface area contributed by atoms with E-state index in [9.17, 15) is 14.0 Å². The highest BCUT2D eigenvalue weighted by atomic mass is 19.1. The van der Waals surface area contributed by atoms with Gasteiger partial charge in [-0.25, -0.2) is 9.18 Å². The maximum absolute atomic E-state index is 12.9. The minimum absolute atomic E-state index is 0.283. The summed E-state index contributed by atoms with van der Waals surface area (Å²) >= 11 is 0. The van der Waals surface area contributed by atoms with Gasteiger partial charge in [-0.3, -0.25) is 4.79 Å². The molecule has 0 aliphatic rings. The highest BCUT2D eigenvalue weighted by Crippen LogP contribution is 2.13. The molecule has 0 aliphatic carbocycles. The SMILES string of the molecule is C[C@@H](NC(=O)COC(=O)/C(C#N)=C/c1ccco1)c1ccc(F)cc1. The van der Waals surface area contributed by atoms with Crippen molar-refractivity contribution in [1.29, 1.82) is 5.26 Å². The second-order valence-electron chi connectivity index (χ2n) is 5.10. The standard InChI is InChI=1S/C18H15FN2O4/c1-12(13-4-6-15(19)7-5-13)21-17(22)11-25-18(23)14(10-20)9-16-3-2-8-24-16/h2-9,12H,11H2,1H3,(H,21,22)/b14-9+/t12-/m1/s1. The molecule has 0 aliphatic heterocycles. The predicted octanol–water partition coefficient (Wildman–Crippen LogP) is 2.75. The van der Waals surface area contributed by atoms with Gasteiger partial charge >= 0.3 is 5.97 Å². The average Bonchev–Trinajstić information content (AvgIpc) is 3.11. The van der Waals surface area contributed by atoms with Gasteiger partial charge in [-0.1, -0.05) is 12.1 Å². The molecule has 1 amide bonds. The minimum Gasteiger partial charge on any atom is -0.465 e. The number of ether oxygens (including phenoxy) is 1. The van der Waals surface area contributed by atoms with E-state index in [2.05, 4.69) is 5.32 Å². The van der Waals surface area contributed by atoms with E-state index in [1.54, 1.807) is 37.3 Å². The van der Waals surface area contributed by atoms with E-state index in [1.807, 2.05) is 0 Å². The van der Waals surface area contributed by atoms with Crippen molar-refractivity contribution in [3.63, 3.8) is 0 Å². The van der Waals surface area contributed by atoms with Crippen molar-refractivity contribution in [2.45, 2.75) is 13.0 Å². The number of hydrogen-bond donors (Lipinski definition) is 1. The molecule has 0 saturated carbocycles. The molecule has 25 heavy (non-hydrogen) atoms. The van der Waals surface area contributed by atoms with Crippen molar-refractivity contribution in [3.05, 3.63) is 65.4 Å². The number of nitrogens with zero attached hydrogens (tertiary/aromatic N) is 1. The van der Waals surface area contributed by atoms with Crippen LogP contribution in [-0.2, 0) is 14.3 Å². The van der Waals surface area contributed by atoms with Crippen LogP contribution in [-0.4, -0.2) is 18.5 Å². The Morgan fingerprint density at radius 1 is 1.36 bits per heavy atom. The molecule has 1 heterocycles. The van der Waals surface area contributed by atoms with Crippen molar-refractivity contribution in [2.75, 3.05) is 6.61 Å². The second-order valence-corrected chi connectivity index (χ2v) is 5.10. The Kier molecular flexibility index (Phi) is 6.07. The minimum atomic E-state index is -0.927. The van der Waals surface area contributed by atoms with Gasteiger partial charge in [0.15, 0.2) is 6.61 Å². The molecule has 2 aromatic rings. The number of esters is 1. The Morgan fingerprint density at radius 3 is 2.68 bits per heavy atom. The first-order chi connectivity index (χ1) is 12.0. The fourth-order valence-corrected chi connectivity index (χ4v) is 1.98. The molecule has 7 heteroatoms. The second kappa shape index (κ2) is 8.45. The molecule has 6 nitrogen and oxygen atoms in total. The smallest absolute Gasteiger partial charge is 0.349 e. The zero-order valence-electron chi connectivity index (χ0n) is 13.4. The molecular weight excluding hydrogens is 327 g/mol. The lowest BCUT2D eigenvalue weighted by atomic mass is 10.1. The summed E-state index contributed by atoms with van der Waals surface area (Å²) in [6, 6.07) is 10.2. The van der Waals surface area contributed by atoms with Crippen LogP contribution in [0.2, 0.25) is 0 Å². The van der Waals surface area contributed by atoms with E-state index in [4.69, 9.17) is 14.4 Å². The molecule has 1 aromatic carbocycles. The van der Waals surface area contributed by atoms with Gasteiger partial charge in [0.2, 0.25) is 0 Å². The van der Waals surface area contributed by atoms with Gasteiger partial charge in [0.1, 0.15) is 23.2 Å². The lowest BCUT2D eigenvalue weighted by Gasteiger charge is -2.14. The Hall–Kier alpha value is -3.40. The van der Waals surface area contributed by atoms with E-state index in [0.29, 0.717) is 11.3 Å². The number of nitrogens with one attached hydrogen (secondary N) is 1. The molecule has 0 saturated heterocycles. The molecule has 1 atom stereocenters. The number of halogens is 1. The number of furan rings is 1. The Morgan fingerprint density at radius 2 is 2.08 bits per heavy atom. The Bertz CT molecular complexity index is 805. The fourth-order valence-electron chi connectivity index (χ4n) is 1.98. The highest BCUT2D eigenvalue weighted by molar-refractivity contribution is 5.98. The number of amides is 1. The van der Waals surface area contributed by atoms with Crippen molar-refractivity contribution in [2.24, 2.45) is 0 Å². The van der Waals surface area contributed by atoms with Crippen LogP contribution in [0.4, 0.5) is 4.39 Å². The largest absolute Gasteiger partial charge is 0.465 e. The molecule has 0 bridgehead atoms. The normalized spacial score (nSPS) is 12.1. The number of hydrogen-bond acceptors (Lipinski definition) is 5. The highest BCUT2D eigenvalue weighted by Gasteiger charge is 2.15. The van der Waals surface area contributed by atoms with Crippen LogP contribution in [0.3, 0.4) is 0 Å². The van der Waals surface area contributed by atoms with E-state index in [0.717, 1.165) is 0 Å². The third-order valence-corrected chi connectivity index (χ3v) is 3.25. The van der Waals surface area contributed by atoms with Gasteiger partial charge in [0.05, 0.1) is 12.3 Å². The summed E-state index contributed by atoms with van der Waals surface area (Å²) in [7, 11) is 0. The number of carbonyl (C=O) groups is 2. The van der Waals surface area contributed by atoms with Gasteiger partial charge in [0.25, 0.3) is 5.91 Å². The first kappa shape index (κ1) is 17.9. The van der Waals surface area contributed by atoms with Crippen LogP contribution < -0.4 is 5.32 Å². The van der Waals surface area contributed by atoms with Crippen LogP contribution in [0.15, 0.2) is 52.7 Å². The third-order valence-electron chi connectivity index (χ3n) is 3.25. The molecule has 0 radical (unpaired) electrons. The van der Waals surface area contributed by atoms with Crippen LogP contribution in [0.25, 0.3) is 6.08 Å². The van der Waals surface area contributed by atoms with Crippen LogP contribution >= 0.6 is 0 Å². The van der Waals surface area contributed by atoms with Crippen molar-refractivity contribution in [3.8, 4) is 6.07 Å². The van der Waals surface area contributed by atoms with Crippen LogP contribution in [0.1, 0.15) is 24.3 Å². The van der Waals surface area contributed by atoms with Crippen LogP contribution in [0.5, 0.6) is 0 Å². The third kappa shape index (κ3) is 5.32. The molecular formula is C18H15FN2O4. The van der Waals surface area contributed by atoms with E-state index in [1.165, 1.54) is 24.5 Å². The van der Waals surface area contributed by atoms with Crippen LogP contribution in [0, 0.1) is 17.1 Å². The molecule has 128 valence electrons.